The Balaban J connectivity index is 2.55. The summed E-state index contributed by atoms with van der Waals surface area (Å²) in [5, 5.41) is 6.82. The number of hydrogen-bond acceptors (Lipinski definition) is 3. The Hall–Kier alpha value is -0.810. The van der Waals surface area contributed by atoms with E-state index in [1.807, 2.05) is 0 Å². The molecule has 1 heterocycles. The van der Waals surface area contributed by atoms with Gasteiger partial charge >= 0.3 is 0 Å². The third kappa shape index (κ3) is 6.53. The molecule has 2 N–H and O–H groups in total. The molecule has 0 aliphatic carbocycles. The molecule has 130 valence electrons. The summed E-state index contributed by atoms with van der Waals surface area (Å²) in [6, 6.07) is 0. The van der Waals surface area contributed by atoms with Crippen LogP contribution in [0.4, 0.5) is 0 Å². The maximum absolute atomic E-state index is 5.52. The molecule has 0 aromatic heterocycles. The lowest BCUT2D eigenvalue weighted by molar-refractivity contribution is -0.00254. The van der Waals surface area contributed by atoms with Crippen molar-refractivity contribution in [3.05, 3.63) is 0 Å². The first-order valence-electron chi connectivity index (χ1n) is 8.77. The Labute approximate surface area is 136 Å². The van der Waals surface area contributed by atoms with Crippen LogP contribution in [0.5, 0.6) is 0 Å². The summed E-state index contributed by atoms with van der Waals surface area (Å²) in [5.74, 6) is 1.71. The molecular formula is C17H36N4O. The lowest BCUT2D eigenvalue weighted by atomic mass is 9.89. The fourth-order valence-electron chi connectivity index (χ4n) is 2.78. The van der Waals surface area contributed by atoms with Crippen molar-refractivity contribution in [2.24, 2.45) is 10.9 Å². The first kappa shape index (κ1) is 19.2. The number of ether oxygens (including phenoxy) is 1. The number of likely N-dealkylation sites (N-methyl/N-ethyl adjacent to an activating group) is 1. The molecule has 5 heteroatoms. The van der Waals surface area contributed by atoms with Crippen LogP contribution >= 0.6 is 0 Å². The van der Waals surface area contributed by atoms with Crippen molar-refractivity contribution >= 4 is 5.96 Å². The molecule has 1 rings (SSSR count). The Bertz CT molecular complexity index is 323. The van der Waals surface area contributed by atoms with Gasteiger partial charge in [-0.05, 0) is 52.6 Å². The van der Waals surface area contributed by atoms with E-state index < -0.39 is 0 Å². The van der Waals surface area contributed by atoms with Crippen molar-refractivity contribution in [1.29, 1.82) is 0 Å². The van der Waals surface area contributed by atoms with Crippen LogP contribution in [0.1, 0.15) is 46.5 Å². The van der Waals surface area contributed by atoms with Crippen LogP contribution in [0.25, 0.3) is 0 Å². The molecule has 1 saturated heterocycles. The van der Waals surface area contributed by atoms with E-state index in [-0.39, 0.29) is 5.54 Å². The van der Waals surface area contributed by atoms with E-state index in [0.717, 1.165) is 57.6 Å². The highest BCUT2D eigenvalue weighted by Gasteiger charge is 2.34. The van der Waals surface area contributed by atoms with E-state index in [4.69, 9.17) is 9.73 Å². The second-order valence-corrected chi connectivity index (χ2v) is 6.89. The van der Waals surface area contributed by atoms with E-state index in [2.05, 4.69) is 50.4 Å². The zero-order valence-electron chi connectivity index (χ0n) is 15.2. The van der Waals surface area contributed by atoms with Crippen LogP contribution in [0.3, 0.4) is 0 Å². The summed E-state index contributed by atoms with van der Waals surface area (Å²) in [7, 11) is 4.31. The maximum Gasteiger partial charge on any atom is 0.191 e. The summed E-state index contributed by atoms with van der Waals surface area (Å²) in [6.45, 7) is 11.0. The van der Waals surface area contributed by atoms with Crippen LogP contribution in [-0.4, -0.2) is 63.3 Å². The molecule has 0 saturated carbocycles. The van der Waals surface area contributed by atoms with Crippen molar-refractivity contribution in [3.8, 4) is 0 Å². The Morgan fingerprint density at radius 3 is 2.45 bits per heavy atom. The molecular weight excluding hydrogens is 276 g/mol. The van der Waals surface area contributed by atoms with Gasteiger partial charge in [0.15, 0.2) is 5.96 Å². The molecule has 0 radical (unpaired) electrons. The highest BCUT2D eigenvalue weighted by atomic mass is 16.5. The van der Waals surface area contributed by atoms with Gasteiger partial charge in [-0.1, -0.05) is 13.8 Å². The molecule has 0 atom stereocenters. The topological polar surface area (TPSA) is 48.9 Å². The van der Waals surface area contributed by atoms with E-state index in [1.54, 1.807) is 0 Å². The molecule has 22 heavy (non-hydrogen) atoms. The van der Waals surface area contributed by atoms with E-state index in [9.17, 15) is 0 Å². The zero-order valence-corrected chi connectivity index (χ0v) is 15.2. The Morgan fingerprint density at radius 1 is 1.23 bits per heavy atom. The highest BCUT2D eigenvalue weighted by molar-refractivity contribution is 5.79. The normalized spacial score (nSPS) is 18.8. The van der Waals surface area contributed by atoms with Gasteiger partial charge in [-0.25, -0.2) is 0 Å². The number of nitrogens with one attached hydrogen (secondary N) is 2. The smallest absolute Gasteiger partial charge is 0.191 e. The Kier molecular flexibility index (Phi) is 8.79. The third-order valence-electron chi connectivity index (χ3n) is 4.50. The number of guanidine groups is 1. The summed E-state index contributed by atoms with van der Waals surface area (Å²) in [5.41, 5.74) is 0.137. The SMILES string of the molecule is CCNC(=NCC1(N(C)C)CCOCC1)NCCCC(C)C. The van der Waals surface area contributed by atoms with Gasteiger partial charge in [-0.15, -0.1) is 0 Å². The van der Waals surface area contributed by atoms with Crippen LogP contribution < -0.4 is 10.6 Å². The quantitative estimate of drug-likeness (QED) is 0.409. The first-order chi connectivity index (χ1) is 10.5. The molecule has 0 spiro atoms. The van der Waals surface area contributed by atoms with Gasteiger partial charge in [0.2, 0.25) is 0 Å². The van der Waals surface area contributed by atoms with Crippen molar-refractivity contribution < 1.29 is 4.74 Å². The van der Waals surface area contributed by atoms with Crippen LogP contribution in [0.15, 0.2) is 4.99 Å². The van der Waals surface area contributed by atoms with Crippen LogP contribution in [0, 0.1) is 5.92 Å². The van der Waals surface area contributed by atoms with Gasteiger partial charge in [0.1, 0.15) is 0 Å². The minimum atomic E-state index is 0.137. The molecule has 0 bridgehead atoms. The molecule has 0 aromatic carbocycles. The fraction of sp³-hybridized carbons (Fsp3) is 0.941. The van der Waals surface area contributed by atoms with Gasteiger partial charge < -0.3 is 20.3 Å². The molecule has 0 unspecified atom stereocenters. The van der Waals surface area contributed by atoms with Crippen LogP contribution in [0.2, 0.25) is 0 Å². The van der Waals surface area contributed by atoms with Gasteiger partial charge in [-0.2, -0.15) is 0 Å². The zero-order chi connectivity index (χ0) is 16.4. The van der Waals surface area contributed by atoms with E-state index in [1.165, 1.54) is 12.8 Å². The predicted octanol–water partition coefficient (Wildman–Crippen LogP) is 2.09. The maximum atomic E-state index is 5.52. The monoisotopic (exact) mass is 312 g/mol. The fourth-order valence-corrected chi connectivity index (χ4v) is 2.78. The summed E-state index contributed by atoms with van der Waals surface area (Å²) in [6.07, 6.45) is 4.55. The van der Waals surface area contributed by atoms with Crippen LogP contribution in [-0.2, 0) is 4.74 Å². The minimum Gasteiger partial charge on any atom is -0.381 e. The van der Waals surface area contributed by atoms with E-state index >= 15 is 0 Å². The average Bonchev–Trinajstić information content (AvgIpc) is 2.49. The summed E-state index contributed by atoms with van der Waals surface area (Å²) in [4.78, 5) is 7.17. The average molecular weight is 313 g/mol. The molecule has 0 amide bonds. The van der Waals surface area contributed by atoms with Gasteiger partial charge in [-0.3, -0.25) is 4.99 Å². The summed E-state index contributed by atoms with van der Waals surface area (Å²) >= 11 is 0. The summed E-state index contributed by atoms with van der Waals surface area (Å²) < 4.78 is 5.52. The molecule has 1 fully saturated rings. The number of rotatable bonds is 8. The number of aliphatic imine (C=N–C) groups is 1. The minimum absolute atomic E-state index is 0.137. The molecule has 1 aliphatic rings. The van der Waals surface area contributed by atoms with Crippen molar-refractivity contribution in [2.45, 2.75) is 52.0 Å². The standard InChI is InChI=1S/C17H36N4O/c1-6-18-16(19-11-7-8-15(2)3)20-14-17(21(4)5)9-12-22-13-10-17/h15H,6-14H2,1-5H3,(H2,18,19,20). The lowest BCUT2D eigenvalue weighted by Gasteiger charge is -2.41. The first-order valence-corrected chi connectivity index (χ1v) is 8.77. The lowest BCUT2D eigenvalue weighted by Crippen LogP contribution is -2.51. The molecule has 0 aromatic rings. The highest BCUT2D eigenvalue weighted by Crippen LogP contribution is 2.26. The number of hydrogen-bond donors (Lipinski definition) is 2. The Morgan fingerprint density at radius 2 is 1.91 bits per heavy atom. The van der Waals surface area contributed by atoms with E-state index in [0.29, 0.717) is 0 Å². The third-order valence-corrected chi connectivity index (χ3v) is 4.50. The largest absolute Gasteiger partial charge is 0.381 e. The number of nitrogens with zero attached hydrogens (tertiary/aromatic N) is 2. The van der Waals surface area contributed by atoms with Gasteiger partial charge in [0, 0.05) is 31.8 Å². The molecule has 5 nitrogen and oxygen atoms in total. The van der Waals surface area contributed by atoms with Gasteiger partial charge in [0.25, 0.3) is 0 Å². The predicted molar refractivity (Wildman–Crippen MR) is 94.5 cm³/mol. The van der Waals surface area contributed by atoms with Crippen molar-refractivity contribution in [1.82, 2.24) is 15.5 Å². The van der Waals surface area contributed by atoms with Gasteiger partial charge in [0.05, 0.1) is 6.54 Å². The van der Waals surface area contributed by atoms with Crippen molar-refractivity contribution in [3.63, 3.8) is 0 Å². The second kappa shape index (κ2) is 10.1. The molecule has 1 aliphatic heterocycles. The van der Waals surface area contributed by atoms with Crippen molar-refractivity contribution in [2.75, 3.05) is 46.9 Å². The second-order valence-electron chi connectivity index (χ2n) is 6.89.